The van der Waals surface area contributed by atoms with E-state index in [2.05, 4.69) is 20.8 Å². The first-order valence-corrected chi connectivity index (χ1v) is 6.23. The lowest BCUT2D eigenvalue weighted by atomic mass is 10.2. The number of halogens is 1. The lowest BCUT2D eigenvalue weighted by Gasteiger charge is -2.20. The number of nitrogens with two attached hydrogens (primary N) is 1. The van der Waals surface area contributed by atoms with E-state index in [9.17, 15) is 0 Å². The van der Waals surface area contributed by atoms with Crippen molar-refractivity contribution < 1.29 is 9.84 Å². The third-order valence-electron chi connectivity index (χ3n) is 2.45. The summed E-state index contributed by atoms with van der Waals surface area (Å²) in [5.74, 6) is 0.823. The Bertz CT molecular complexity index is 360. The van der Waals surface area contributed by atoms with Gasteiger partial charge < -0.3 is 20.5 Å². The second-order valence-electron chi connectivity index (χ2n) is 4.11. The van der Waals surface area contributed by atoms with E-state index in [-0.39, 0.29) is 12.6 Å². The van der Waals surface area contributed by atoms with Crippen molar-refractivity contribution in [1.29, 1.82) is 0 Å². The van der Waals surface area contributed by atoms with E-state index in [1.807, 2.05) is 25.2 Å². The van der Waals surface area contributed by atoms with Gasteiger partial charge in [0.2, 0.25) is 0 Å². The second kappa shape index (κ2) is 6.96. The summed E-state index contributed by atoms with van der Waals surface area (Å²) >= 11 is 3.45. The lowest BCUT2D eigenvalue weighted by molar-refractivity contribution is 0.218. The summed E-state index contributed by atoms with van der Waals surface area (Å²) in [5.41, 5.74) is 6.85. The normalized spacial score (nSPS) is 12.8. The Morgan fingerprint density at radius 2 is 2.24 bits per heavy atom. The average molecular weight is 303 g/mol. The van der Waals surface area contributed by atoms with E-state index in [0.29, 0.717) is 6.54 Å². The Morgan fingerprint density at radius 1 is 1.53 bits per heavy atom. The van der Waals surface area contributed by atoms with Gasteiger partial charge in [0.05, 0.1) is 18.2 Å². The van der Waals surface area contributed by atoms with Crippen molar-refractivity contribution in [2.45, 2.75) is 12.6 Å². The largest absolute Gasteiger partial charge is 0.496 e. The van der Waals surface area contributed by atoms with Crippen molar-refractivity contribution in [2.24, 2.45) is 5.73 Å². The van der Waals surface area contributed by atoms with Crippen LogP contribution in [0.3, 0.4) is 0 Å². The van der Waals surface area contributed by atoms with Gasteiger partial charge in [0.25, 0.3) is 0 Å². The maximum atomic E-state index is 8.89. The number of aliphatic hydroxyl groups is 1. The molecule has 0 aliphatic carbocycles. The summed E-state index contributed by atoms with van der Waals surface area (Å²) in [4.78, 5) is 2.08. The molecule has 0 amide bonds. The Balaban J connectivity index is 2.59. The molecule has 0 saturated carbocycles. The number of methoxy groups -OCH3 is 1. The van der Waals surface area contributed by atoms with Gasteiger partial charge in [-0.15, -0.1) is 0 Å². The highest BCUT2D eigenvalue weighted by atomic mass is 79.9. The van der Waals surface area contributed by atoms with Gasteiger partial charge in [-0.3, -0.25) is 0 Å². The van der Waals surface area contributed by atoms with Crippen LogP contribution in [-0.2, 0) is 6.54 Å². The minimum absolute atomic E-state index is 0.0106. The molecule has 96 valence electrons. The van der Waals surface area contributed by atoms with Gasteiger partial charge >= 0.3 is 0 Å². The monoisotopic (exact) mass is 302 g/mol. The van der Waals surface area contributed by atoms with Crippen molar-refractivity contribution in [3.63, 3.8) is 0 Å². The van der Waals surface area contributed by atoms with Crippen LogP contribution < -0.4 is 10.5 Å². The zero-order valence-corrected chi connectivity index (χ0v) is 11.8. The number of hydrogen-bond acceptors (Lipinski definition) is 4. The topological polar surface area (TPSA) is 58.7 Å². The van der Waals surface area contributed by atoms with Gasteiger partial charge in [0.15, 0.2) is 0 Å². The SMILES string of the molecule is COc1ccc(CN(C)CC(N)CO)cc1Br. The first kappa shape index (κ1) is 14.4. The first-order chi connectivity index (χ1) is 8.06. The van der Waals surface area contributed by atoms with Gasteiger partial charge in [0, 0.05) is 19.1 Å². The van der Waals surface area contributed by atoms with Crippen molar-refractivity contribution in [3.05, 3.63) is 28.2 Å². The second-order valence-corrected chi connectivity index (χ2v) is 4.96. The predicted molar refractivity (Wildman–Crippen MR) is 72.1 cm³/mol. The highest BCUT2D eigenvalue weighted by molar-refractivity contribution is 9.10. The molecule has 0 aliphatic heterocycles. The van der Waals surface area contributed by atoms with Crippen LogP contribution in [0.15, 0.2) is 22.7 Å². The summed E-state index contributed by atoms with van der Waals surface area (Å²) in [7, 11) is 3.62. The third kappa shape index (κ3) is 4.63. The van der Waals surface area contributed by atoms with Gasteiger partial charge in [-0.1, -0.05) is 6.07 Å². The summed E-state index contributed by atoms with van der Waals surface area (Å²) in [6.45, 7) is 1.47. The van der Waals surface area contributed by atoms with Crippen LogP contribution >= 0.6 is 15.9 Å². The first-order valence-electron chi connectivity index (χ1n) is 5.44. The molecule has 1 rings (SSSR count). The van der Waals surface area contributed by atoms with Crippen LogP contribution in [0.1, 0.15) is 5.56 Å². The summed E-state index contributed by atoms with van der Waals surface area (Å²) < 4.78 is 6.12. The molecule has 0 spiro atoms. The molecule has 0 radical (unpaired) electrons. The molecule has 17 heavy (non-hydrogen) atoms. The fourth-order valence-corrected chi connectivity index (χ4v) is 2.23. The van der Waals surface area contributed by atoms with Crippen molar-refractivity contribution in [1.82, 2.24) is 4.90 Å². The summed E-state index contributed by atoms with van der Waals surface area (Å²) in [5, 5.41) is 8.89. The summed E-state index contributed by atoms with van der Waals surface area (Å²) in [6, 6.07) is 5.78. The number of benzene rings is 1. The van der Waals surface area contributed by atoms with E-state index < -0.39 is 0 Å². The molecule has 0 bridgehead atoms. The number of nitrogens with zero attached hydrogens (tertiary/aromatic N) is 1. The quantitative estimate of drug-likeness (QED) is 0.829. The number of aliphatic hydroxyl groups excluding tert-OH is 1. The van der Waals surface area contributed by atoms with Crippen LogP contribution in [0.5, 0.6) is 5.75 Å². The fraction of sp³-hybridized carbons (Fsp3) is 0.500. The molecule has 0 aliphatic rings. The highest BCUT2D eigenvalue weighted by Crippen LogP contribution is 2.25. The number of likely N-dealkylation sites (N-methyl/N-ethyl adjacent to an activating group) is 1. The average Bonchev–Trinajstić information content (AvgIpc) is 2.29. The van der Waals surface area contributed by atoms with Crippen LogP contribution in [0.2, 0.25) is 0 Å². The van der Waals surface area contributed by atoms with Crippen molar-refractivity contribution >= 4 is 15.9 Å². The fourth-order valence-electron chi connectivity index (χ4n) is 1.64. The predicted octanol–water partition coefficient (Wildman–Crippen LogP) is 1.21. The molecule has 0 saturated heterocycles. The molecule has 5 heteroatoms. The Morgan fingerprint density at radius 3 is 2.76 bits per heavy atom. The third-order valence-corrected chi connectivity index (χ3v) is 3.07. The molecule has 1 aromatic rings. The van der Waals surface area contributed by atoms with Crippen LogP contribution in [0.4, 0.5) is 0 Å². The highest BCUT2D eigenvalue weighted by Gasteiger charge is 2.07. The van der Waals surface area contributed by atoms with E-state index >= 15 is 0 Å². The molecule has 0 aromatic heterocycles. The van der Waals surface area contributed by atoms with E-state index in [0.717, 1.165) is 16.8 Å². The zero-order valence-electron chi connectivity index (χ0n) is 10.2. The molecule has 1 unspecified atom stereocenters. The smallest absolute Gasteiger partial charge is 0.133 e. The minimum atomic E-state index is -0.193. The number of ether oxygens (including phenoxy) is 1. The maximum Gasteiger partial charge on any atom is 0.133 e. The van der Waals surface area contributed by atoms with Crippen LogP contribution in [0.25, 0.3) is 0 Å². The number of rotatable bonds is 6. The Hall–Kier alpha value is -0.620. The van der Waals surface area contributed by atoms with Crippen LogP contribution in [-0.4, -0.2) is 43.4 Å². The molecule has 3 N–H and O–H groups in total. The van der Waals surface area contributed by atoms with E-state index in [1.165, 1.54) is 5.56 Å². The molecular weight excluding hydrogens is 284 g/mol. The molecule has 0 heterocycles. The molecule has 4 nitrogen and oxygen atoms in total. The lowest BCUT2D eigenvalue weighted by Crippen LogP contribution is -2.37. The van der Waals surface area contributed by atoms with Gasteiger partial charge in [-0.05, 0) is 40.7 Å². The molecular formula is C12H19BrN2O2. The van der Waals surface area contributed by atoms with Gasteiger partial charge in [-0.2, -0.15) is 0 Å². The Kier molecular flexibility index (Phi) is 5.91. The molecule has 0 fully saturated rings. The van der Waals surface area contributed by atoms with Gasteiger partial charge in [-0.25, -0.2) is 0 Å². The van der Waals surface area contributed by atoms with E-state index in [4.69, 9.17) is 15.6 Å². The standard InChI is InChI=1S/C12H19BrN2O2/c1-15(7-10(14)8-16)6-9-3-4-12(17-2)11(13)5-9/h3-5,10,16H,6-8,14H2,1-2H3. The minimum Gasteiger partial charge on any atom is -0.496 e. The van der Waals surface area contributed by atoms with Crippen LogP contribution in [0, 0.1) is 0 Å². The van der Waals surface area contributed by atoms with Gasteiger partial charge in [0.1, 0.15) is 5.75 Å². The maximum absolute atomic E-state index is 8.89. The van der Waals surface area contributed by atoms with Crippen molar-refractivity contribution in [3.8, 4) is 5.75 Å². The molecule has 1 aromatic carbocycles. The summed E-state index contributed by atoms with van der Waals surface area (Å²) in [6.07, 6.45) is 0. The van der Waals surface area contributed by atoms with E-state index in [1.54, 1.807) is 7.11 Å². The van der Waals surface area contributed by atoms with Crippen molar-refractivity contribution in [2.75, 3.05) is 27.3 Å². The zero-order chi connectivity index (χ0) is 12.8. The number of hydrogen-bond donors (Lipinski definition) is 2. The Labute approximate surface area is 110 Å². The molecule has 1 atom stereocenters.